The Hall–Kier alpha value is -3.39. The van der Waals surface area contributed by atoms with Crippen LogP contribution in [0.3, 0.4) is 0 Å². The second-order valence-corrected chi connectivity index (χ2v) is 7.95. The molecule has 1 aromatic carbocycles. The van der Waals surface area contributed by atoms with E-state index < -0.39 is 12.2 Å². The first-order valence-electron chi connectivity index (χ1n) is 10.5. The van der Waals surface area contributed by atoms with Crippen LogP contribution in [0.1, 0.15) is 29.7 Å². The van der Waals surface area contributed by atoms with Crippen molar-refractivity contribution in [3.8, 4) is 0 Å². The molecule has 2 aromatic rings. The Morgan fingerprint density at radius 1 is 1.39 bits per heavy atom. The maximum atomic E-state index is 12.9. The summed E-state index contributed by atoms with van der Waals surface area (Å²) in [6.45, 7) is 5.37. The highest BCUT2D eigenvalue weighted by Crippen LogP contribution is 2.51. The number of rotatable bonds is 7. The van der Waals surface area contributed by atoms with Crippen LogP contribution in [0.25, 0.3) is 11.3 Å². The van der Waals surface area contributed by atoms with Crippen LogP contribution in [0.2, 0.25) is 5.02 Å². The Kier molecular flexibility index (Phi) is 6.65. The van der Waals surface area contributed by atoms with Crippen LogP contribution < -0.4 is 10.6 Å². The number of halogens is 1. The summed E-state index contributed by atoms with van der Waals surface area (Å²) in [7, 11) is 0. The molecule has 7 nitrogen and oxygen atoms in total. The number of fused-ring (bicyclic) bond motifs is 2. The molecule has 2 unspecified atom stereocenters. The lowest BCUT2D eigenvalue weighted by atomic mass is 9.97. The Labute approximate surface area is 196 Å². The zero-order valence-electron chi connectivity index (χ0n) is 18.0. The summed E-state index contributed by atoms with van der Waals surface area (Å²) in [5.74, 6) is 0.480. The highest BCUT2D eigenvalue weighted by molar-refractivity contribution is 6.37. The van der Waals surface area contributed by atoms with Crippen molar-refractivity contribution in [1.82, 2.24) is 4.98 Å². The lowest BCUT2D eigenvalue weighted by Crippen LogP contribution is -2.23. The van der Waals surface area contributed by atoms with Crippen molar-refractivity contribution >= 4 is 40.3 Å². The first-order valence-corrected chi connectivity index (χ1v) is 10.9. The van der Waals surface area contributed by atoms with Gasteiger partial charge < -0.3 is 25.6 Å². The molecular formula is C25H24ClN3O4. The van der Waals surface area contributed by atoms with E-state index in [-0.39, 0.29) is 19.1 Å². The van der Waals surface area contributed by atoms with Crippen molar-refractivity contribution in [1.29, 1.82) is 0 Å². The number of hydrogen-bond donors (Lipinski definition) is 4. The molecule has 4 N–H and O–H groups in total. The molecule has 0 spiro atoms. The van der Waals surface area contributed by atoms with Gasteiger partial charge in [0.05, 0.1) is 23.3 Å². The molecule has 2 aliphatic heterocycles. The number of carbonyl (C=O) groups is 1. The summed E-state index contributed by atoms with van der Waals surface area (Å²) < 4.78 is 6.40. The number of hydrogen-bond acceptors (Lipinski definition) is 6. The van der Waals surface area contributed by atoms with Gasteiger partial charge in [0.2, 0.25) is 0 Å². The number of aliphatic hydroxyl groups excluding tert-OH is 2. The van der Waals surface area contributed by atoms with E-state index in [1.807, 2.05) is 49.4 Å². The maximum absolute atomic E-state index is 12.9. The molecule has 1 aromatic heterocycles. The molecule has 0 aliphatic carbocycles. The molecule has 0 saturated heterocycles. The number of carbonyl (C=O) groups excluding carboxylic acids is 1. The van der Waals surface area contributed by atoms with Gasteiger partial charge in [-0.3, -0.25) is 4.79 Å². The zero-order valence-corrected chi connectivity index (χ0v) is 18.8. The molecule has 8 heteroatoms. The van der Waals surface area contributed by atoms with Gasteiger partial charge in [-0.25, -0.2) is 4.98 Å². The van der Waals surface area contributed by atoms with E-state index in [2.05, 4.69) is 22.2 Å². The van der Waals surface area contributed by atoms with E-state index in [0.717, 1.165) is 11.1 Å². The number of amides is 1. The zero-order chi connectivity index (χ0) is 23.5. The number of aromatic nitrogens is 1. The third-order valence-electron chi connectivity index (χ3n) is 5.39. The number of nitrogens with zero attached hydrogens (tertiary/aromatic N) is 1. The van der Waals surface area contributed by atoms with Crippen LogP contribution in [0.15, 0.2) is 66.9 Å². The van der Waals surface area contributed by atoms with Crippen molar-refractivity contribution < 1.29 is 19.7 Å². The van der Waals surface area contributed by atoms with Crippen LogP contribution in [-0.4, -0.2) is 40.4 Å². The Bertz CT molecular complexity index is 1200. The first kappa shape index (κ1) is 22.8. The number of pyridine rings is 1. The van der Waals surface area contributed by atoms with Gasteiger partial charge in [-0.05, 0) is 18.6 Å². The molecule has 2 aliphatic rings. The number of anilines is 2. The second kappa shape index (κ2) is 9.62. The number of ether oxygens (including phenoxy) is 1. The van der Waals surface area contributed by atoms with Gasteiger partial charge >= 0.3 is 0 Å². The molecule has 170 valence electrons. The third kappa shape index (κ3) is 4.18. The lowest BCUT2D eigenvalue weighted by molar-refractivity contribution is -0.110. The topological polar surface area (TPSA) is 104 Å². The highest BCUT2D eigenvalue weighted by atomic mass is 35.5. The van der Waals surface area contributed by atoms with Crippen LogP contribution >= 0.6 is 11.6 Å². The molecule has 0 saturated carbocycles. The van der Waals surface area contributed by atoms with Crippen molar-refractivity contribution in [2.75, 3.05) is 23.8 Å². The number of nitrogens with one attached hydrogen (secondary N) is 2. The summed E-state index contributed by atoms with van der Waals surface area (Å²) in [6.07, 6.45) is 7.30. The Morgan fingerprint density at radius 3 is 2.91 bits per heavy atom. The van der Waals surface area contributed by atoms with Gasteiger partial charge in [0.25, 0.3) is 5.91 Å². The Balaban J connectivity index is 1.90. The lowest BCUT2D eigenvalue weighted by Gasteiger charge is -2.16. The minimum Gasteiger partial charge on any atom is -0.479 e. The molecule has 0 radical (unpaired) electrons. The predicted octanol–water partition coefficient (Wildman–Crippen LogP) is 4.08. The molecule has 0 fully saturated rings. The molecule has 2 atom stereocenters. The van der Waals surface area contributed by atoms with Crippen molar-refractivity contribution in [2.24, 2.45) is 0 Å². The Morgan fingerprint density at radius 2 is 2.18 bits per heavy atom. The van der Waals surface area contributed by atoms with E-state index in [4.69, 9.17) is 21.4 Å². The van der Waals surface area contributed by atoms with Crippen molar-refractivity contribution in [2.45, 2.75) is 19.1 Å². The van der Waals surface area contributed by atoms with Crippen LogP contribution in [0.5, 0.6) is 0 Å². The normalized spacial score (nSPS) is 20.3. The summed E-state index contributed by atoms with van der Waals surface area (Å²) in [4.78, 5) is 17.3. The number of benzene rings is 1. The fourth-order valence-corrected chi connectivity index (χ4v) is 4.23. The minimum atomic E-state index is -0.959. The number of para-hydroxylation sites is 1. The van der Waals surface area contributed by atoms with Gasteiger partial charge in [0.1, 0.15) is 11.6 Å². The van der Waals surface area contributed by atoms with Gasteiger partial charge in [-0.15, -0.1) is 0 Å². The third-order valence-corrected chi connectivity index (χ3v) is 5.77. The largest absolute Gasteiger partial charge is 0.479 e. The van der Waals surface area contributed by atoms with E-state index >= 15 is 0 Å². The fourth-order valence-electron chi connectivity index (χ4n) is 3.91. The first-order chi connectivity index (χ1) is 16.0. The van der Waals surface area contributed by atoms with E-state index in [0.29, 0.717) is 39.0 Å². The fraction of sp³-hybridized carbons (Fsp3) is 0.200. The molecule has 33 heavy (non-hydrogen) atoms. The molecule has 1 amide bonds. The second-order valence-electron chi connectivity index (χ2n) is 7.57. The predicted molar refractivity (Wildman–Crippen MR) is 130 cm³/mol. The summed E-state index contributed by atoms with van der Waals surface area (Å²) >= 11 is 6.78. The average Bonchev–Trinajstić information content (AvgIpc) is 3.35. The SMILES string of the molecule is C=C/C=C(\C=C/C)C1O/C(=C2/C(=O)Nc3ccccc32)c2cnc(NCC(O)CO)c(Cl)c21. The minimum absolute atomic E-state index is 0.0709. The smallest absolute Gasteiger partial charge is 0.260 e. The number of aliphatic hydroxyl groups is 2. The average molecular weight is 466 g/mol. The van der Waals surface area contributed by atoms with Crippen LogP contribution in [0, 0.1) is 0 Å². The van der Waals surface area contributed by atoms with Gasteiger partial charge in [-0.2, -0.15) is 0 Å². The molecule has 4 rings (SSSR count). The number of allylic oxidation sites excluding steroid dienone is 3. The summed E-state index contributed by atoms with van der Waals surface area (Å²) in [5, 5.41) is 25.0. The van der Waals surface area contributed by atoms with Crippen LogP contribution in [0.4, 0.5) is 11.5 Å². The van der Waals surface area contributed by atoms with Crippen molar-refractivity contribution in [3.05, 3.63) is 88.6 Å². The molecule has 3 heterocycles. The monoisotopic (exact) mass is 465 g/mol. The summed E-state index contributed by atoms with van der Waals surface area (Å²) in [6, 6.07) is 7.41. The van der Waals surface area contributed by atoms with Gasteiger partial charge in [0.15, 0.2) is 6.10 Å². The van der Waals surface area contributed by atoms with Gasteiger partial charge in [-0.1, -0.05) is 60.7 Å². The standard InChI is InChI=1S/C25H24ClN3O4/c1-3-7-14(8-4-2)22-19-17(12-28-24(21(19)26)27-11-15(31)13-30)23(33-22)20-16-9-5-6-10-18(16)29-25(20)32/h3-10,12,15,22,30-31H,1,11,13H2,2H3,(H,27,28)(H,29,32)/b8-4-,14-7+,23-20+. The van der Waals surface area contributed by atoms with E-state index in [1.54, 1.807) is 12.3 Å². The molecule has 0 bridgehead atoms. The highest BCUT2D eigenvalue weighted by Gasteiger charge is 2.39. The molecular weight excluding hydrogens is 442 g/mol. The van der Waals surface area contributed by atoms with Crippen LogP contribution in [-0.2, 0) is 9.53 Å². The van der Waals surface area contributed by atoms with Gasteiger partial charge in [0, 0.05) is 35.1 Å². The summed E-state index contributed by atoms with van der Waals surface area (Å²) in [5.41, 5.74) is 3.93. The van der Waals surface area contributed by atoms with E-state index in [9.17, 15) is 9.90 Å². The maximum Gasteiger partial charge on any atom is 0.260 e. The van der Waals surface area contributed by atoms with E-state index in [1.165, 1.54) is 0 Å². The quantitative estimate of drug-likeness (QED) is 0.363. The van der Waals surface area contributed by atoms with Crippen molar-refractivity contribution in [3.63, 3.8) is 0 Å².